The van der Waals surface area contributed by atoms with Crippen LogP contribution in [0.5, 0.6) is 0 Å². The van der Waals surface area contributed by atoms with E-state index in [2.05, 4.69) is 19.9 Å². The Hall–Kier alpha value is -3.50. The minimum atomic E-state index is -1.22. The van der Waals surface area contributed by atoms with E-state index in [9.17, 15) is 9.00 Å². The van der Waals surface area contributed by atoms with Crippen molar-refractivity contribution in [1.29, 1.82) is 0 Å². The van der Waals surface area contributed by atoms with E-state index in [1.54, 1.807) is 33.8 Å². The van der Waals surface area contributed by atoms with Gasteiger partial charge in [0.2, 0.25) is 0 Å². The maximum absolute atomic E-state index is 13.7. The second-order valence-electron chi connectivity index (χ2n) is 8.17. The molecule has 34 heavy (non-hydrogen) atoms. The molecule has 5 heterocycles. The number of anilines is 1. The SMILES string of the molecule is CS(=O)c1c[nH]c2ncnc(N3CCCC3c3nn4ccc(Cl)c4c(=O)n3-c3ccccc3)c12. The zero-order chi connectivity index (χ0) is 23.4. The highest BCUT2D eigenvalue weighted by Crippen LogP contribution is 2.39. The number of halogens is 1. The van der Waals surface area contributed by atoms with E-state index in [4.69, 9.17) is 16.7 Å². The van der Waals surface area contributed by atoms with Gasteiger partial charge < -0.3 is 9.88 Å². The minimum absolute atomic E-state index is 0.232. The molecule has 2 atom stereocenters. The Balaban J connectivity index is 1.60. The van der Waals surface area contributed by atoms with E-state index >= 15 is 0 Å². The van der Waals surface area contributed by atoms with Gasteiger partial charge in [-0.15, -0.1) is 0 Å². The molecule has 1 saturated heterocycles. The van der Waals surface area contributed by atoms with Crippen LogP contribution in [0, 0.1) is 0 Å². The first-order chi connectivity index (χ1) is 16.5. The lowest BCUT2D eigenvalue weighted by molar-refractivity contribution is 0.602. The van der Waals surface area contributed by atoms with Gasteiger partial charge in [0, 0.05) is 25.2 Å². The summed E-state index contributed by atoms with van der Waals surface area (Å²) < 4.78 is 15.6. The average molecular weight is 494 g/mol. The standard InChI is InChI=1S/C23H20ClN7O2S/c1-34(33)17-12-25-20-18(17)22(27-13-26-20)29-10-5-8-16(29)21-28-30-11-9-15(24)19(30)23(32)31(21)14-6-3-2-4-7-14/h2-4,6-7,9,11-13,16H,5,8,10H2,1H3,(H,25,26,27). The van der Waals surface area contributed by atoms with Gasteiger partial charge in [-0.25, -0.2) is 14.5 Å². The van der Waals surface area contributed by atoms with E-state index < -0.39 is 10.8 Å². The first kappa shape index (κ1) is 21.1. The molecule has 1 aliphatic heterocycles. The first-order valence-corrected chi connectivity index (χ1v) is 12.8. The largest absolute Gasteiger partial charge is 0.346 e. The van der Waals surface area contributed by atoms with Crippen molar-refractivity contribution in [3.05, 3.63) is 76.3 Å². The Kier molecular flexibility index (Phi) is 5.00. The second kappa shape index (κ2) is 8.07. The van der Waals surface area contributed by atoms with Gasteiger partial charge in [-0.05, 0) is 31.0 Å². The molecule has 0 radical (unpaired) electrons. The van der Waals surface area contributed by atoms with Crippen LogP contribution in [0.3, 0.4) is 0 Å². The zero-order valence-electron chi connectivity index (χ0n) is 18.2. The lowest BCUT2D eigenvalue weighted by Crippen LogP contribution is -2.33. The summed E-state index contributed by atoms with van der Waals surface area (Å²) in [5.41, 5.74) is 1.44. The molecule has 0 saturated carbocycles. The summed E-state index contributed by atoms with van der Waals surface area (Å²) in [6.07, 6.45) is 8.22. The van der Waals surface area contributed by atoms with Crippen LogP contribution in [0.15, 0.2) is 64.8 Å². The molecule has 172 valence electrons. The number of hydrogen-bond donors (Lipinski definition) is 1. The summed E-state index contributed by atoms with van der Waals surface area (Å²) in [5, 5.41) is 5.95. The highest BCUT2D eigenvalue weighted by atomic mass is 35.5. The van der Waals surface area contributed by atoms with Crippen molar-refractivity contribution in [3.8, 4) is 5.69 Å². The lowest BCUT2D eigenvalue weighted by Gasteiger charge is -2.27. The van der Waals surface area contributed by atoms with Crippen LogP contribution in [0.1, 0.15) is 24.7 Å². The van der Waals surface area contributed by atoms with Crippen LogP contribution in [0.2, 0.25) is 5.02 Å². The summed E-state index contributed by atoms with van der Waals surface area (Å²) in [4.78, 5) is 28.5. The van der Waals surface area contributed by atoms with Gasteiger partial charge in [0.15, 0.2) is 5.82 Å². The molecule has 0 amide bonds. The number of aromatic nitrogens is 6. The van der Waals surface area contributed by atoms with Gasteiger partial charge in [-0.2, -0.15) is 5.10 Å². The summed E-state index contributed by atoms with van der Waals surface area (Å²) in [7, 11) is -1.22. The van der Waals surface area contributed by atoms with Gasteiger partial charge in [0.05, 0.1) is 37.8 Å². The third kappa shape index (κ3) is 3.17. The van der Waals surface area contributed by atoms with Crippen molar-refractivity contribution in [2.75, 3.05) is 17.7 Å². The van der Waals surface area contributed by atoms with Crippen molar-refractivity contribution in [1.82, 2.24) is 29.1 Å². The number of para-hydroxylation sites is 1. The summed E-state index contributed by atoms with van der Waals surface area (Å²) in [6.45, 7) is 0.715. The van der Waals surface area contributed by atoms with Crippen LogP contribution >= 0.6 is 11.6 Å². The topological polar surface area (TPSA) is 101 Å². The first-order valence-electron chi connectivity index (χ1n) is 10.8. The van der Waals surface area contributed by atoms with Crippen molar-refractivity contribution in [3.63, 3.8) is 0 Å². The smallest absolute Gasteiger partial charge is 0.284 e. The van der Waals surface area contributed by atoms with E-state index in [1.807, 2.05) is 30.3 Å². The van der Waals surface area contributed by atoms with Crippen molar-refractivity contribution in [2.45, 2.75) is 23.8 Å². The van der Waals surface area contributed by atoms with Crippen LogP contribution in [-0.2, 0) is 10.8 Å². The summed E-state index contributed by atoms with van der Waals surface area (Å²) in [6, 6.07) is 10.9. The van der Waals surface area contributed by atoms with Crippen LogP contribution in [0.25, 0.3) is 22.2 Å². The lowest BCUT2D eigenvalue weighted by atomic mass is 10.2. The molecule has 5 aromatic rings. The van der Waals surface area contributed by atoms with E-state index in [0.717, 1.165) is 18.2 Å². The van der Waals surface area contributed by atoms with Crippen molar-refractivity contribution < 1.29 is 4.21 Å². The molecule has 0 spiro atoms. The molecular weight excluding hydrogens is 474 g/mol. The van der Waals surface area contributed by atoms with Crippen LogP contribution < -0.4 is 10.5 Å². The van der Waals surface area contributed by atoms with Gasteiger partial charge in [0.25, 0.3) is 5.56 Å². The molecule has 11 heteroatoms. The molecule has 1 N–H and O–H groups in total. The highest BCUT2D eigenvalue weighted by molar-refractivity contribution is 7.84. The number of aromatic amines is 1. The predicted molar refractivity (Wildman–Crippen MR) is 131 cm³/mol. The maximum Gasteiger partial charge on any atom is 0.284 e. The van der Waals surface area contributed by atoms with Gasteiger partial charge in [-0.3, -0.25) is 13.6 Å². The van der Waals surface area contributed by atoms with E-state index in [0.29, 0.717) is 45.0 Å². The molecule has 2 unspecified atom stereocenters. The fraction of sp³-hybridized carbons (Fsp3) is 0.217. The fourth-order valence-electron chi connectivity index (χ4n) is 4.74. The molecule has 1 fully saturated rings. The number of H-pyrrole nitrogens is 1. The van der Waals surface area contributed by atoms with Crippen molar-refractivity contribution >= 4 is 44.8 Å². The molecule has 1 aromatic carbocycles. The minimum Gasteiger partial charge on any atom is -0.346 e. The number of rotatable bonds is 4. The molecule has 1 aliphatic rings. The normalized spacial score (nSPS) is 17.1. The Labute approximate surface area is 201 Å². The molecule has 0 bridgehead atoms. The number of nitrogens with one attached hydrogen (secondary N) is 1. The van der Waals surface area contributed by atoms with Crippen LogP contribution in [0.4, 0.5) is 5.82 Å². The number of benzene rings is 1. The monoisotopic (exact) mass is 493 g/mol. The van der Waals surface area contributed by atoms with E-state index in [1.165, 1.54) is 6.33 Å². The zero-order valence-corrected chi connectivity index (χ0v) is 19.8. The molecule has 6 rings (SSSR count). The van der Waals surface area contributed by atoms with Gasteiger partial charge >= 0.3 is 0 Å². The Bertz CT molecular complexity index is 1630. The Morgan fingerprint density at radius 3 is 2.79 bits per heavy atom. The molecule has 9 nitrogen and oxygen atoms in total. The van der Waals surface area contributed by atoms with Crippen LogP contribution in [-0.4, -0.2) is 46.1 Å². The summed E-state index contributed by atoms with van der Waals surface area (Å²) in [5.74, 6) is 1.27. The summed E-state index contributed by atoms with van der Waals surface area (Å²) >= 11 is 6.34. The molecule has 4 aromatic heterocycles. The Morgan fingerprint density at radius 1 is 1.18 bits per heavy atom. The fourth-order valence-corrected chi connectivity index (χ4v) is 5.67. The predicted octanol–water partition coefficient (Wildman–Crippen LogP) is 3.49. The third-order valence-corrected chi connectivity index (χ3v) is 7.47. The van der Waals surface area contributed by atoms with Gasteiger partial charge in [0.1, 0.15) is 23.3 Å². The number of hydrogen-bond acceptors (Lipinski definition) is 6. The third-order valence-electron chi connectivity index (χ3n) is 6.22. The maximum atomic E-state index is 13.7. The highest BCUT2D eigenvalue weighted by Gasteiger charge is 2.34. The average Bonchev–Trinajstić information content (AvgIpc) is 3.57. The number of fused-ring (bicyclic) bond motifs is 2. The quantitative estimate of drug-likeness (QED) is 0.411. The van der Waals surface area contributed by atoms with E-state index in [-0.39, 0.29) is 11.6 Å². The molecular formula is C23H20ClN7O2S. The Morgan fingerprint density at radius 2 is 2.00 bits per heavy atom. The van der Waals surface area contributed by atoms with Crippen molar-refractivity contribution in [2.24, 2.45) is 0 Å². The van der Waals surface area contributed by atoms with Gasteiger partial charge in [-0.1, -0.05) is 29.8 Å². The second-order valence-corrected chi connectivity index (χ2v) is 9.93. The number of nitrogens with zero attached hydrogens (tertiary/aromatic N) is 6. The molecule has 0 aliphatic carbocycles.